The molecule has 0 spiro atoms. The Balaban J connectivity index is 4.25. The number of rotatable bonds is 62. The van der Waals surface area contributed by atoms with Crippen molar-refractivity contribution in [3.8, 4) is 0 Å². The van der Waals surface area contributed by atoms with E-state index in [1.54, 1.807) is 6.08 Å². The number of aliphatic hydroxyl groups excluding tert-OH is 1. The zero-order valence-corrected chi connectivity index (χ0v) is 56.8. The first kappa shape index (κ1) is 82.1. The van der Waals surface area contributed by atoms with E-state index in [1.807, 2.05) is 27.2 Å². The molecule has 2 N–H and O–H groups in total. The van der Waals surface area contributed by atoms with Crippen LogP contribution < -0.4 is 10.2 Å². The third-order valence-corrected chi connectivity index (χ3v) is 15.7. The van der Waals surface area contributed by atoms with Gasteiger partial charge in [0.1, 0.15) is 13.2 Å². The molecule has 0 aliphatic heterocycles. The summed E-state index contributed by atoms with van der Waals surface area (Å²) in [5.41, 5.74) is 0. The Labute approximate surface area is 531 Å². The molecular formula is C77H131N2O6P. The van der Waals surface area contributed by atoms with Gasteiger partial charge in [-0.2, -0.15) is 0 Å². The maximum atomic E-state index is 13.0. The standard InChI is InChI=1S/C77H131N2O6P/c1-6-8-10-12-14-16-18-20-22-24-26-28-30-32-33-34-35-36-37-38-39-40-41-42-43-44-45-47-49-51-53-55-57-59-61-63-65-67-69-71-77(81)78-75(74-85-86(82,83)84-73-72-79(3,4)5)76(80)70-68-66-64-62-60-58-56-54-52-50-48-46-31-29-27-25-23-21-19-17-15-13-11-9-7-2/h8,10,14,16,20,22,26,28,32-33,35-36,38-39,41-42,44-45,49,51,55,57,61,63,68,70,75-76,80H,6-7,9,11-13,15,17-19,21,23-25,27,29-31,34,37,40,43,46-48,50,52-54,56,58-60,62,64-67,69,71-74H2,1-5H3,(H-,78,81,82,83)/b10-8-,16-14-,22-20-,28-26-,33-32-,36-35-,39-38-,42-41-,45-44-,51-49-,57-55-,63-61-,70-68+. The fraction of sp³-hybridized carbons (Fsp3) is 0.649. The predicted octanol–water partition coefficient (Wildman–Crippen LogP) is 21.9. The monoisotopic (exact) mass is 1210 g/mol. The maximum absolute atomic E-state index is 13.0. The van der Waals surface area contributed by atoms with Gasteiger partial charge in [0.2, 0.25) is 5.91 Å². The molecule has 0 rings (SSSR count). The minimum Gasteiger partial charge on any atom is -0.756 e. The van der Waals surface area contributed by atoms with Crippen LogP contribution in [0.15, 0.2) is 158 Å². The number of amides is 1. The van der Waals surface area contributed by atoms with Gasteiger partial charge in [0.25, 0.3) is 7.82 Å². The number of carbonyl (C=O) groups is 1. The molecule has 1 amide bonds. The second-order valence-electron chi connectivity index (χ2n) is 24.2. The SMILES string of the molecule is CC/C=C\C/C=C\C/C=C\C/C=C\C/C=C\C/C=C\C/C=C\C/C=C\C/C=C\C/C=C\C/C=C\C/C=C\CCCCC(=O)NC(COP(=O)([O-])OCC[N+](C)(C)C)C(O)/C=C/CCCCCCCCCCCCCCCCCCCCCCCCC. The van der Waals surface area contributed by atoms with Gasteiger partial charge in [-0.15, -0.1) is 0 Å². The van der Waals surface area contributed by atoms with E-state index in [9.17, 15) is 19.4 Å². The average Bonchev–Trinajstić information content (AvgIpc) is 3.70. The Hall–Kier alpha value is -3.88. The molecule has 0 aliphatic rings. The van der Waals surface area contributed by atoms with Crippen LogP contribution in [0.3, 0.4) is 0 Å². The lowest BCUT2D eigenvalue weighted by atomic mass is 10.0. The number of hydrogen-bond acceptors (Lipinski definition) is 6. The topological polar surface area (TPSA) is 108 Å². The summed E-state index contributed by atoms with van der Waals surface area (Å²) in [6.45, 7) is 4.51. The van der Waals surface area contributed by atoms with Crippen molar-refractivity contribution in [2.75, 3.05) is 40.9 Å². The van der Waals surface area contributed by atoms with Crippen molar-refractivity contribution in [1.29, 1.82) is 0 Å². The summed E-state index contributed by atoms with van der Waals surface area (Å²) < 4.78 is 23.4. The van der Waals surface area contributed by atoms with Gasteiger partial charge in [0.15, 0.2) is 0 Å². The molecule has 0 aromatic carbocycles. The van der Waals surface area contributed by atoms with Crippen molar-refractivity contribution >= 4 is 13.7 Å². The van der Waals surface area contributed by atoms with E-state index in [4.69, 9.17) is 9.05 Å². The number of phosphoric ester groups is 1. The van der Waals surface area contributed by atoms with Gasteiger partial charge in [0, 0.05) is 6.42 Å². The van der Waals surface area contributed by atoms with Crippen molar-refractivity contribution in [3.05, 3.63) is 158 Å². The van der Waals surface area contributed by atoms with Crippen molar-refractivity contribution in [3.63, 3.8) is 0 Å². The first-order chi connectivity index (χ1) is 42.0. The Morgan fingerprint density at radius 2 is 0.709 bits per heavy atom. The number of phosphoric acid groups is 1. The number of carbonyl (C=O) groups excluding carboxylic acids is 1. The third kappa shape index (κ3) is 67.6. The summed E-state index contributed by atoms with van der Waals surface area (Å²) in [6, 6.07) is -0.924. The number of hydrogen-bond donors (Lipinski definition) is 2. The van der Waals surface area contributed by atoms with E-state index in [2.05, 4.69) is 165 Å². The van der Waals surface area contributed by atoms with Gasteiger partial charge >= 0.3 is 0 Å². The number of quaternary nitrogens is 1. The van der Waals surface area contributed by atoms with Gasteiger partial charge in [-0.05, 0) is 109 Å². The number of allylic oxidation sites excluding steroid dienone is 25. The lowest BCUT2D eigenvalue weighted by Gasteiger charge is -2.29. The van der Waals surface area contributed by atoms with Crippen LogP contribution in [0.5, 0.6) is 0 Å². The molecule has 0 aromatic heterocycles. The number of unbranched alkanes of at least 4 members (excludes halogenated alkanes) is 25. The van der Waals surface area contributed by atoms with Crippen molar-refractivity contribution in [1.82, 2.24) is 5.32 Å². The summed E-state index contributed by atoms with van der Waals surface area (Å²) in [5.74, 6) is -0.243. The maximum Gasteiger partial charge on any atom is 0.268 e. The van der Waals surface area contributed by atoms with Crippen LogP contribution in [0.25, 0.3) is 0 Å². The molecule has 0 bridgehead atoms. The van der Waals surface area contributed by atoms with Gasteiger partial charge in [-0.3, -0.25) is 9.36 Å². The highest BCUT2D eigenvalue weighted by Crippen LogP contribution is 2.38. The number of likely N-dealkylation sites (N-methyl/N-ethyl adjacent to an activating group) is 1. The van der Waals surface area contributed by atoms with Gasteiger partial charge in [-0.25, -0.2) is 0 Å². The molecule has 0 saturated heterocycles. The van der Waals surface area contributed by atoms with Gasteiger partial charge in [0.05, 0.1) is 39.9 Å². The van der Waals surface area contributed by atoms with E-state index in [0.717, 1.165) is 109 Å². The number of nitrogens with one attached hydrogen (secondary N) is 1. The smallest absolute Gasteiger partial charge is 0.268 e. The molecule has 0 aliphatic carbocycles. The molecule has 0 heterocycles. The van der Waals surface area contributed by atoms with Crippen LogP contribution >= 0.6 is 7.82 Å². The minimum absolute atomic E-state index is 0.0177. The second kappa shape index (κ2) is 65.6. The lowest BCUT2D eigenvalue weighted by molar-refractivity contribution is -0.870. The van der Waals surface area contributed by atoms with Crippen LogP contribution in [0.1, 0.15) is 271 Å². The van der Waals surface area contributed by atoms with E-state index in [-0.39, 0.29) is 18.9 Å². The fourth-order valence-electron chi connectivity index (χ4n) is 9.37. The Morgan fingerprint density at radius 3 is 1.03 bits per heavy atom. The summed E-state index contributed by atoms with van der Waals surface area (Å²) in [4.78, 5) is 25.6. The van der Waals surface area contributed by atoms with E-state index in [1.165, 1.54) is 135 Å². The molecule has 86 heavy (non-hydrogen) atoms. The fourth-order valence-corrected chi connectivity index (χ4v) is 10.1. The highest BCUT2D eigenvalue weighted by atomic mass is 31.2. The van der Waals surface area contributed by atoms with Crippen LogP contribution in [0.4, 0.5) is 0 Å². The highest BCUT2D eigenvalue weighted by molar-refractivity contribution is 7.45. The molecular weight excluding hydrogens is 1080 g/mol. The molecule has 3 atom stereocenters. The molecule has 0 fully saturated rings. The quantitative estimate of drug-likeness (QED) is 0.0272. The summed E-state index contributed by atoms with van der Waals surface area (Å²) >= 11 is 0. The summed E-state index contributed by atoms with van der Waals surface area (Å²) in [6.07, 6.45) is 102. The molecule has 490 valence electrons. The molecule has 0 saturated carbocycles. The summed E-state index contributed by atoms with van der Waals surface area (Å²) in [5, 5.41) is 13.9. The predicted molar refractivity (Wildman–Crippen MR) is 375 cm³/mol. The first-order valence-electron chi connectivity index (χ1n) is 34.8. The van der Waals surface area contributed by atoms with Crippen molar-refractivity contribution in [2.45, 2.75) is 283 Å². The molecule has 8 nitrogen and oxygen atoms in total. The van der Waals surface area contributed by atoms with Crippen LogP contribution in [0.2, 0.25) is 0 Å². The summed E-state index contributed by atoms with van der Waals surface area (Å²) in [7, 11) is 1.21. The van der Waals surface area contributed by atoms with Crippen LogP contribution in [0, 0.1) is 0 Å². The zero-order valence-electron chi connectivity index (χ0n) is 56.0. The molecule has 9 heteroatoms. The molecule has 0 aromatic rings. The Bertz CT molecular complexity index is 1960. The third-order valence-electron chi connectivity index (χ3n) is 14.7. The largest absolute Gasteiger partial charge is 0.756 e. The normalized spacial score (nSPS) is 14.6. The van der Waals surface area contributed by atoms with Gasteiger partial charge in [-0.1, -0.05) is 313 Å². The molecule has 0 radical (unpaired) electrons. The average molecular weight is 1210 g/mol. The Kier molecular flexibility index (Phi) is 62.6. The van der Waals surface area contributed by atoms with Gasteiger partial charge < -0.3 is 28.8 Å². The second-order valence-corrected chi connectivity index (χ2v) is 25.6. The van der Waals surface area contributed by atoms with E-state index >= 15 is 0 Å². The lowest BCUT2D eigenvalue weighted by Crippen LogP contribution is -2.45. The Morgan fingerprint density at radius 1 is 0.419 bits per heavy atom. The number of nitrogens with zero attached hydrogens (tertiary/aromatic N) is 1. The minimum atomic E-state index is -4.63. The number of aliphatic hydroxyl groups is 1. The van der Waals surface area contributed by atoms with E-state index < -0.39 is 26.6 Å². The molecule has 3 unspecified atom stereocenters. The van der Waals surface area contributed by atoms with Crippen molar-refractivity contribution in [2.24, 2.45) is 0 Å². The highest BCUT2D eigenvalue weighted by Gasteiger charge is 2.23. The van der Waals surface area contributed by atoms with Crippen molar-refractivity contribution < 1.29 is 32.9 Å². The zero-order chi connectivity index (χ0) is 62.6. The van der Waals surface area contributed by atoms with Crippen LogP contribution in [-0.4, -0.2) is 68.5 Å². The first-order valence-corrected chi connectivity index (χ1v) is 36.3. The van der Waals surface area contributed by atoms with E-state index in [0.29, 0.717) is 17.4 Å². The van der Waals surface area contributed by atoms with Crippen LogP contribution in [-0.2, 0) is 18.4 Å².